The van der Waals surface area contributed by atoms with Crippen LogP contribution in [0.4, 0.5) is 11.4 Å². The molecule has 2 amide bonds. The lowest BCUT2D eigenvalue weighted by atomic mass is 10.1. The number of benzene rings is 4. The Bertz CT molecular complexity index is 1750. The van der Waals surface area contributed by atoms with Crippen molar-refractivity contribution in [3.8, 4) is 0 Å². The van der Waals surface area contributed by atoms with E-state index in [1.165, 1.54) is 23.1 Å². The third-order valence-electron chi connectivity index (χ3n) is 7.64. The molecule has 0 fully saturated rings. The van der Waals surface area contributed by atoms with Crippen molar-refractivity contribution < 1.29 is 14.5 Å². The molecule has 0 spiro atoms. The number of para-hydroxylation sites is 1. The number of hydrogen-bond acceptors (Lipinski definition) is 5. The highest BCUT2D eigenvalue weighted by atomic mass is 16.6. The van der Waals surface area contributed by atoms with Crippen LogP contribution in [0.1, 0.15) is 27.0 Å². The van der Waals surface area contributed by atoms with Gasteiger partial charge in [0, 0.05) is 74.2 Å². The third-order valence-corrected chi connectivity index (χ3v) is 7.64. The van der Waals surface area contributed by atoms with Crippen molar-refractivity contribution in [3.05, 3.63) is 142 Å². The summed E-state index contributed by atoms with van der Waals surface area (Å²) in [4.78, 5) is 47.3. The first-order chi connectivity index (χ1) is 21.3. The fraction of sp³-hybridized carbons (Fsp3) is 0.200. The van der Waals surface area contributed by atoms with Crippen molar-refractivity contribution in [2.45, 2.75) is 19.5 Å². The number of nitro benzene ring substituents is 1. The monoisotopic (exact) mass is 589 g/mol. The van der Waals surface area contributed by atoms with Gasteiger partial charge < -0.3 is 19.7 Å². The van der Waals surface area contributed by atoms with Gasteiger partial charge in [0.15, 0.2) is 0 Å². The molecule has 0 aliphatic carbocycles. The van der Waals surface area contributed by atoms with E-state index in [9.17, 15) is 19.7 Å². The molecule has 1 aromatic heterocycles. The number of carbonyl (C=O) groups is 2. The molecule has 0 aliphatic heterocycles. The van der Waals surface area contributed by atoms with Crippen LogP contribution in [0, 0.1) is 10.1 Å². The number of aromatic nitrogens is 1. The minimum Gasteiger partial charge on any atom is -0.378 e. The standard InChI is InChI=1S/C35H35N5O4/c1-37(2)30-17-15-27(16-18-30)23-38(20-19-29-22-36-33-14-7-6-13-32(29)33)34(41)25-39(24-26-9-4-3-5-10-26)35(42)28-11-8-12-31(21-28)40(43)44/h3-18,21-22,36H,19-20,23-25H2,1-2H3. The smallest absolute Gasteiger partial charge is 0.270 e. The zero-order chi connectivity index (χ0) is 31.1. The van der Waals surface area contributed by atoms with Crippen LogP contribution in [-0.4, -0.2) is 58.7 Å². The van der Waals surface area contributed by atoms with E-state index in [0.29, 0.717) is 19.5 Å². The zero-order valence-corrected chi connectivity index (χ0v) is 24.8. The first-order valence-corrected chi connectivity index (χ1v) is 14.4. The van der Waals surface area contributed by atoms with E-state index < -0.39 is 10.8 Å². The van der Waals surface area contributed by atoms with Gasteiger partial charge >= 0.3 is 0 Å². The summed E-state index contributed by atoms with van der Waals surface area (Å²) in [5.74, 6) is -0.658. The topological polar surface area (TPSA) is 103 Å². The normalized spacial score (nSPS) is 10.9. The number of rotatable bonds is 12. The lowest BCUT2D eigenvalue weighted by Crippen LogP contribution is -2.43. The number of aromatic amines is 1. The van der Waals surface area contributed by atoms with Gasteiger partial charge in [-0.2, -0.15) is 0 Å². The zero-order valence-electron chi connectivity index (χ0n) is 24.8. The number of hydrogen-bond donors (Lipinski definition) is 1. The summed E-state index contributed by atoms with van der Waals surface area (Å²) in [6.45, 7) is 0.821. The van der Waals surface area contributed by atoms with E-state index in [2.05, 4.69) is 11.1 Å². The highest BCUT2D eigenvalue weighted by molar-refractivity contribution is 5.97. The lowest BCUT2D eigenvalue weighted by Gasteiger charge is -2.28. The fourth-order valence-corrected chi connectivity index (χ4v) is 5.21. The summed E-state index contributed by atoms with van der Waals surface area (Å²) >= 11 is 0. The summed E-state index contributed by atoms with van der Waals surface area (Å²) in [6, 6.07) is 31.2. The average Bonchev–Trinajstić information content (AvgIpc) is 3.46. The number of nitrogens with one attached hydrogen (secondary N) is 1. The molecule has 5 rings (SSSR count). The lowest BCUT2D eigenvalue weighted by molar-refractivity contribution is -0.384. The van der Waals surface area contributed by atoms with Crippen LogP contribution in [0.15, 0.2) is 109 Å². The Kier molecular flexibility index (Phi) is 9.34. The summed E-state index contributed by atoms with van der Waals surface area (Å²) in [5.41, 5.74) is 5.01. The molecule has 0 unspecified atom stereocenters. The van der Waals surface area contributed by atoms with Gasteiger partial charge in [-0.25, -0.2) is 0 Å². The van der Waals surface area contributed by atoms with E-state index in [1.54, 1.807) is 11.0 Å². The van der Waals surface area contributed by atoms with Crippen molar-refractivity contribution in [2.75, 3.05) is 32.1 Å². The Morgan fingerprint density at radius 3 is 2.20 bits per heavy atom. The van der Waals surface area contributed by atoms with E-state index >= 15 is 0 Å². The minimum atomic E-state index is -0.530. The fourth-order valence-electron chi connectivity index (χ4n) is 5.21. The predicted octanol–water partition coefficient (Wildman–Crippen LogP) is 6.06. The van der Waals surface area contributed by atoms with Gasteiger partial charge in [-0.05, 0) is 47.4 Å². The third kappa shape index (κ3) is 7.30. The molecular weight excluding hydrogens is 554 g/mol. The van der Waals surface area contributed by atoms with Crippen LogP contribution in [0.25, 0.3) is 10.9 Å². The predicted molar refractivity (Wildman–Crippen MR) is 172 cm³/mol. The molecule has 1 heterocycles. The molecule has 44 heavy (non-hydrogen) atoms. The molecule has 224 valence electrons. The summed E-state index contributed by atoms with van der Waals surface area (Å²) in [6.07, 6.45) is 2.61. The number of carbonyl (C=O) groups excluding carboxylic acids is 2. The number of anilines is 1. The maximum absolute atomic E-state index is 14.1. The molecule has 0 radical (unpaired) electrons. The number of H-pyrrole nitrogens is 1. The Hall–Kier alpha value is -5.44. The maximum atomic E-state index is 14.1. The Morgan fingerprint density at radius 1 is 0.795 bits per heavy atom. The molecule has 0 bridgehead atoms. The Morgan fingerprint density at radius 2 is 1.48 bits per heavy atom. The average molecular weight is 590 g/mol. The van der Waals surface area contributed by atoms with Gasteiger partial charge in [-0.15, -0.1) is 0 Å². The van der Waals surface area contributed by atoms with Crippen LogP contribution in [0.2, 0.25) is 0 Å². The molecule has 5 aromatic rings. The molecule has 9 heteroatoms. The summed E-state index contributed by atoms with van der Waals surface area (Å²) in [7, 11) is 3.96. The van der Waals surface area contributed by atoms with Crippen LogP contribution < -0.4 is 4.90 Å². The second-order valence-electron chi connectivity index (χ2n) is 10.9. The van der Waals surface area contributed by atoms with Crippen LogP contribution >= 0.6 is 0 Å². The van der Waals surface area contributed by atoms with Crippen LogP contribution in [0.5, 0.6) is 0 Å². The maximum Gasteiger partial charge on any atom is 0.270 e. The second-order valence-corrected chi connectivity index (χ2v) is 10.9. The van der Waals surface area contributed by atoms with Crippen molar-refractivity contribution in [1.29, 1.82) is 0 Å². The van der Waals surface area contributed by atoms with Gasteiger partial charge in [0.1, 0.15) is 6.54 Å². The molecule has 0 aliphatic rings. The highest BCUT2D eigenvalue weighted by Crippen LogP contribution is 2.21. The molecule has 0 saturated heterocycles. The van der Waals surface area contributed by atoms with Crippen molar-refractivity contribution in [1.82, 2.24) is 14.8 Å². The van der Waals surface area contributed by atoms with Crippen molar-refractivity contribution in [3.63, 3.8) is 0 Å². The Labute approximate surface area is 256 Å². The number of fused-ring (bicyclic) bond motifs is 1. The highest BCUT2D eigenvalue weighted by Gasteiger charge is 2.24. The number of non-ortho nitro benzene ring substituents is 1. The largest absolute Gasteiger partial charge is 0.378 e. The van der Waals surface area contributed by atoms with Gasteiger partial charge in [0.05, 0.1) is 4.92 Å². The van der Waals surface area contributed by atoms with E-state index in [-0.39, 0.29) is 30.2 Å². The summed E-state index contributed by atoms with van der Waals surface area (Å²) in [5, 5.41) is 12.5. The van der Waals surface area contributed by atoms with E-state index in [0.717, 1.165) is 33.3 Å². The van der Waals surface area contributed by atoms with Crippen molar-refractivity contribution in [2.24, 2.45) is 0 Å². The molecule has 1 N–H and O–H groups in total. The van der Waals surface area contributed by atoms with Crippen molar-refractivity contribution >= 4 is 34.1 Å². The minimum absolute atomic E-state index is 0.160. The van der Waals surface area contributed by atoms with Crippen LogP contribution in [0.3, 0.4) is 0 Å². The summed E-state index contributed by atoms with van der Waals surface area (Å²) < 4.78 is 0. The molecule has 0 saturated carbocycles. The first-order valence-electron chi connectivity index (χ1n) is 14.4. The van der Waals surface area contributed by atoms with Gasteiger partial charge in [-0.1, -0.05) is 66.7 Å². The number of amides is 2. The van der Waals surface area contributed by atoms with E-state index in [1.807, 2.05) is 98.0 Å². The second kappa shape index (κ2) is 13.7. The van der Waals surface area contributed by atoms with Gasteiger partial charge in [0.25, 0.3) is 11.6 Å². The SMILES string of the molecule is CN(C)c1ccc(CN(CCc2c[nH]c3ccccc23)C(=O)CN(Cc2ccccc2)C(=O)c2cccc([N+](=O)[O-])c2)cc1. The van der Waals surface area contributed by atoms with Gasteiger partial charge in [-0.3, -0.25) is 19.7 Å². The van der Waals surface area contributed by atoms with Crippen LogP contribution in [-0.2, 0) is 24.3 Å². The number of nitrogens with zero attached hydrogens (tertiary/aromatic N) is 4. The number of nitro groups is 1. The quantitative estimate of drug-likeness (QED) is 0.141. The van der Waals surface area contributed by atoms with Gasteiger partial charge in [0.2, 0.25) is 5.91 Å². The molecule has 4 aromatic carbocycles. The molecule has 9 nitrogen and oxygen atoms in total. The van der Waals surface area contributed by atoms with E-state index in [4.69, 9.17) is 0 Å². The molecular formula is C35H35N5O4. The first kappa shape index (κ1) is 30.0. The molecule has 0 atom stereocenters. The Balaban J connectivity index is 1.42.